The molecule has 0 radical (unpaired) electrons. The summed E-state index contributed by atoms with van der Waals surface area (Å²) in [5.74, 6) is 0.527. The number of carbonyl (C=O) groups excluding carboxylic acids is 1. The van der Waals surface area contributed by atoms with Gasteiger partial charge < -0.3 is 5.32 Å². The molecule has 0 unspecified atom stereocenters. The minimum absolute atomic E-state index is 0.145. The maximum absolute atomic E-state index is 13.1. The van der Waals surface area contributed by atoms with Gasteiger partial charge in [0.25, 0.3) is 5.91 Å². The molecule has 5 nitrogen and oxygen atoms in total. The molecule has 156 valence electrons. The Labute approximate surface area is 182 Å². The molecule has 0 fully saturated rings. The molecule has 0 aliphatic heterocycles. The topological polar surface area (TPSA) is 66.5 Å². The van der Waals surface area contributed by atoms with Crippen molar-refractivity contribution in [2.75, 3.05) is 21.6 Å². The molecule has 30 heavy (non-hydrogen) atoms. The zero-order valence-corrected chi connectivity index (χ0v) is 18.5. The second-order valence-corrected chi connectivity index (χ2v) is 9.87. The minimum atomic E-state index is -3.61. The summed E-state index contributed by atoms with van der Waals surface area (Å²) < 4.78 is 26.5. The number of nitrogens with zero attached hydrogens (tertiary/aromatic N) is 1. The minimum Gasteiger partial charge on any atom is -0.321 e. The summed E-state index contributed by atoms with van der Waals surface area (Å²) in [5.41, 5.74) is 2.19. The summed E-state index contributed by atoms with van der Waals surface area (Å²) in [6, 6.07) is 23.7. The van der Waals surface area contributed by atoms with Crippen LogP contribution in [0.15, 0.2) is 83.8 Å². The van der Waals surface area contributed by atoms with E-state index in [1.54, 1.807) is 36.0 Å². The van der Waals surface area contributed by atoms with Crippen LogP contribution in [0.25, 0.3) is 0 Å². The summed E-state index contributed by atoms with van der Waals surface area (Å²) in [6.07, 6.45) is 1.15. The monoisotopic (exact) mass is 440 g/mol. The van der Waals surface area contributed by atoms with Crippen molar-refractivity contribution in [3.63, 3.8) is 0 Å². The molecule has 0 spiro atoms. The van der Waals surface area contributed by atoms with Crippen molar-refractivity contribution in [2.45, 2.75) is 18.4 Å². The molecule has 0 saturated carbocycles. The summed E-state index contributed by atoms with van der Waals surface area (Å²) in [5, 5.41) is 2.94. The smallest absolute Gasteiger partial charge is 0.257 e. The largest absolute Gasteiger partial charge is 0.321 e. The predicted molar refractivity (Wildman–Crippen MR) is 125 cm³/mol. The first kappa shape index (κ1) is 21.9. The predicted octanol–water partition coefficient (Wildman–Crippen LogP) is 5.02. The van der Waals surface area contributed by atoms with Gasteiger partial charge in [-0.2, -0.15) is 0 Å². The average molecular weight is 441 g/mol. The van der Waals surface area contributed by atoms with Gasteiger partial charge in [-0.05, 0) is 35.6 Å². The molecule has 0 aliphatic rings. The number of hydrogen-bond donors (Lipinski definition) is 1. The maximum atomic E-state index is 13.1. The van der Waals surface area contributed by atoms with Gasteiger partial charge in [-0.15, -0.1) is 11.8 Å². The molecule has 7 heteroatoms. The third kappa shape index (κ3) is 5.43. The Kier molecular flexibility index (Phi) is 7.18. The Morgan fingerprint density at radius 1 is 0.933 bits per heavy atom. The molecule has 0 aliphatic carbocycles. The molecule has 3 aromatic rings. The number of para-hydroxylation sites is 2. The lowest BCUT2D eigenvalue weighted by molar-refractivity contribution is 0.102. The number of thioether (sulfide) groups is 1. The van der Waals surface area contributed by atoms with Crippen LogP contribution in [0.1, 0.15) is 22.8 Å². The van der Waals surface area contributed by atoms with Gasteiger partial charge in [-0.25, -0.2) is 8.42 Å². The second kappa shape index (κ2) is 9.82. The number of sulfonamides is 1. The molecular weight excluding hydrogens is 416 g/mol. The first-order valence-electron chi connectivity index (χ1n) is 9.54. The van der Waals surface area contributed by atoms with E-state index < -0.39 is 10.0 Å². The number of carbonyl (C=O) groups is 1. The number of amides is 1. The Balaban J connectivity index is 1.97. The molecule has 3 aromatic carbocycles. The Bertz CT molecular complexity index is 1120. The van der Waals surface area contributed by atoms with Crippen LogP contribution in [-0.2, 0) is 16.6 Å². The van der Waals surface area contributed by atoms with Crippen molar-refractivity contribution >= 4 is 39.1 Å². The first-order valence-corrected chi connectivity index (χ1v) is 12.4. The second-order valence-electron chi connectivity index (χ2n) is 6.66. The standard InChI is InChI=1S/C23H24N2O3S2/c1-3-29-22-16-10-8-14-20(22)24-23(26)19-13-7-9-15-21(19)25(30(2,27)28)17-18-11-5-4-6-12-18/h4-16H,3,17H2,1-2H3,(H,24,26). The van der Waals surface area contributed by atoms with Gasteiger partial charge in [0.2, 0.25) is 10.0 Å². The molecule has 0 atom stereocenters. The van der Waals surface area contributed by atoms with E-state index in [2.05, 4.69) is 5.32 Å². The van der Waals surface area contributed by atoms with Crippen molar-refractivity contribution in [3.8, 4) is 0 Å². The van der Waals surface area contributed by atoms with Crippen molar-refractivity contribution in [1.82, 2.24) is 0 Å². The highest BCUT2D eigenvalue weighted by atomic mass is 32.2. The summed E-state index contributed by atoms with van der Waals surface area (Å²) >= 11 is 1.63. The fraction of sp³-hybridized carbons (Fsp3) is 0.174. The first-order chi connectivity index (χ1) is 14.4. The van der Waals surface area contributed by atoms with Crippen LogP contribution in [0.3, 0.4) is 0 Å². The number of hydrogen-bond acceptors (Lipinski definition) is 4. The van der Waals surface area contributed by atoms with E-state index in [4.69, 9.17) is 0 Å². The van der Waals surface area contributed by atoms with E-state index in [-0.39, 0.29) is 12.5 Å². The van der Waals surface area contributed by atoms with E-state index in [1.165, 1.54) is 4.31 Å². The fourth-order valence-corrected chi connectivity index (χ4v) is 4.71. The van der Waals surface area contributed by atoms with Gasteiger partial charge in [0.1, 0.15) is 0 Å². The summed E-state index contributed by atoms with van der Waals surface area (Å²) in [7, 11) is -3.61. The Morgan fingerprint density at radius 3 is 2.27 bits per heavy atom. The molecule has 0 bridgehead atoms. The average Bonchev–Trinajstić information content (AvgIpc) is 2.73. The number of benzene rings is 3. The van der Waals surface area contributed by atoms with Crippen molar-refractivity contribution < 1.29 is 13.2 Å². The molecule has 0 aromatic heterocycles. The molecule has 1 N–H and O–H groups in total. The van der Waals surface area contributed by atoms with Gasteiger partial charge in [-0.3, -0.25) is 9.10 Å². The SMILES string of the molecule is CCSc1ccccc1NC(=O)c1ccccc1N(Cc1ccccc1)S(C)(=O)=O. The third-order valence-corrected chi connectivity index (χ3v) is 6.50. The highest BCUT2D eigenvalue weighted by molar-refractivity contribution is 7.99. The van der Waals surface area contributed by atoms with Crippen LogP contribution in [0, 0.1) is 0 Å². The number of rotatable bonds is 8. The normalized spacial score (nSPS) is 11.1. The van der Waals surface area contributed by atoms with E-state index in [0.29, 0.717) is 16.9 Å². The summed E-state index contributed by atoms with van der Waals surface area (Å²) in [6.45, 7) is 2.19. The van der Waals surface area contributed by atoms with Crippen LogP contribution in [0.5, 0.6) is 0 Å². The molecule has 0 saturated heterocycles. The Morgan fingerprint density at radius 2 is 1.57 bits per heavy atom. The van der Waals surface area contributed by atoms with Crippen LogP contribution >= 0.6 is 11.8 Å². The Hall–Kier alpha value is -2.77. The van der Waals surface area contributed by atoms with Crippen molar-refractivity contribution in [2.24, 2.45) is 0 Å². The van der Waals surface area contributed by atoms with E-state index in [9.17, 15) is 13.2 Å². The van der Waals surface area contributed by atoms with Gasteiger partial charge in [0.15, 0.2) is 0 Å². The van der Waals surface area contributed by atoms with Crippen LogP contribution < -0.4 is 9.62 Å². The fourth-order valence-electron chi connectivity index (χ4n) is 3.05. The molecule has 1 amide bonds. The van der Waals surface area contributed by atoms with Gasteiger partial charge in [-0.1, -0.05) is 61.5 Å². The number of anilines is 2. The quantitative estimate of drug-likeness (QED) is 0.500. The number of nitrogens with one attached hydrogen (secondary N) is 1. The lowest BCUT2D eigenvalue weighted by Gasteiger charge is -2.25. The van der Waals surface area contributed by atoms with Crippen LogP contribution in [-0.4, -0.2) is 26.3 Å². The molecular formula is C23H24N2O3S2. The van der Waals surface area contributed by atoms with Crippen molar-refractivity contribution in [3.05, 3.63) is 90.0 Å². The highest BCUT2D eigenvalue weighted by Crippen LogP contribution is 2.29. The molecule has 0 heterocycles. The zero-order chi connectivity index (χ0) is 21.6. The lowest BCUT2D eigenvalue weighted by atomic mass is 10.1. The van der Waals surface area contributed by atoms with Crippen molar-refractivity contribution in [1.29, 1.82) is 0 Å². The van der Waals surface area contributed by atoms with E-state index >= 15 is 0 Å². The van der Waals surface area contributed by atoms with E-state index in [1.807, 2.05) is 61.5 Å². The third-order valence-electron chi connectivity index (χ3n) is 4.42. The molecule has 3 rings (SSSR count). The van der Waals surface area contributed by atoms with Crippen LogP contribution in [0.4, 0.5) is 11.4 Å². The summed E-state index contributed by atoms with van der Waals surface area (Å²) in [4.78, 5) is 14.1. The maximum Gasteiger partial charge on any atom is 0.257 e. The van der Waals surface area contributed by atoms with Gasteiger partial charge in [0, 0.05) is 4.90 Å². The van der Waals surface area contributed by atoms with E-state index in [0.717, 1.165) is 22.5 Å². The van der Waals surface area contributed by atoms with Crippen LogP contribution in [0.2, 0.25) is 0 Å². The van der Waals surface area contributed by atoms with Gasteiger partial charge in [0.05, 0.1) is 29.7 Å². The zero-order valence-electron chi connectivity index (χ0n) is 16.9. The lowest BCUT2D eigenvalue weighted by Crippen LogP contribution is -2.31. The van der Waals surface area contributed by atoms with Gasteiger partial charge >= 0.3 is 0 Å². The highest BCUT2D eigenvalue weighted by Gasteiger charge is 2.23.